The molecule has 26 heavy (non-hydrogen) atoms. The summed E-state index contributed by atoms with van der Waals surface area (Å²) in [7, 11) is 1.56. The molecule has 2 heterocycles. The van der Waals surface area contributed by atoms with Crippen molar-refractivity contribution in [2.75, 3.05) is 12.4 Å². The Morgan fingerprint density at radius 3 is 2.65 bits per heavy atom. The molecule has 0 radical (unpaired) electrons. The van der Waals surface area contributed by atoms with Gasteiger partial charge in [0.15, 0.2) is 0 Å². The van der Waals surface area contributed by atoms with Crippen LogP contribution in [0.5, 0.6) is 5.75 Å². The van der Waals surface area contributed by atoms with Gasteiger partial charge < -0.3 is 15.4 Å². The Morgan fingerprint density at radius 1 is 1.23 bits per heavy atom. The van der Waals surface area contributed by atoms with Crippen molar-refractivity contribution in [1.29, 1.82) is 0 Å². The van der Waals surface area contributed by atoms with E-state index in [1.807, 2.05) is 0 Å². The van der Waals surface area contributed by atoms with Crippen LogP contribution in [0, 0.1) is 0 Å². The number of pyridine rings is 1. The van der Waals surface area contributed by atoms with E-state index in [2.05, 4.69) is 15.6 Å². The van der Waals surface area contributed by atoms with Crippen LogP contribution < -0.4 is 15.4 Å². The molecule has 2 N–H and O–H groups in total. The first-order chi connectivity index (χ1) is 12.6. The minimum absolute atomic E-state index is 0.132. The Hall–Kier alpha value is -3.42. The summed E-state index contributed by atoms with van der Waals surface area (Å²) in [5, 5.41) is 5.14. The molecule has 0 saturated carbocycles. The van der Waals surface area contributed by atoms with E-state index in [0.717, 1.165) is 10.5 Å². The average Bonchev–Trinajstić information content (AvgIpc) is 2.90. The van der Waals surface area contributed by atoms with Crippen LogP contribution in [-0.2, 0) is 16.1 Å². The molecule has 2 aromatic rings. The molecule has 134 valence electrons. The van der Waals surface area contributed by atoms with Gasteiger partial charge in [-0.15, -0.1) is 0 Å². The molecule has 1 aliphatic rings. The highest BCUT2D eigenvalue weighted by Gasteiger charge is 2.38. The van der Waals surface area contributed by atoms with Crippen molar-refractivity contribution in [2.45, 2.75) is 19.0 Å². The number of ether oxygens (including phenoxy) is 1. The zero-order valence-electron chi connectivity index (χ0n) is 14.1. The van der Waals surface area contributed by atoms with Gasteiger partial charge in [0.1, 0.15) is 17.6 Å². The van der Waals surface area contributed by atoms with Gasteiger partial charge in [-0.05, 0) is 29.8 Å². The minimum Gasteiger partial charge on any atom is -0.497 e. The fourth-order valence-electron chi connectivity index (χ4n) is 2.59. The number of carbonyl (C=O) groups excluding carboxylic acids is 3. The SMILES string of the molecule is COc1ccc(CN2C(=O)N[C@@H](CC(=O)Nc3ccccn3)C2=O)cc1. The van der Waals surface area contributed by atoms with Crippen LogP contribution in [-0.4, -0.2) is 40.9 Å². The second-order valence-electron chi connectivity index (χ2n) is 5.74. The number of aromatic nitrogens is 1. The largest absolute Gasteiger partial charge is 0.497 e. The molecule has 0 aliphatic carbocycles. The highest BCUT2D eigenvalue weighted by molar-refractivity contribution is 6.06. The van der Waals surface area contributed by atoms with Gasteiger partial charge >= 0.3 is 6.03 Å². The van der Waals surface area contributed by atoms with Crippen molar-refractivity contribution < 1.29 is 19.1 Å². The monoisotopic (exact) mass is 354 g/mol. The number of nitrogens with zero attached hydrogens (tertiary/aromatic N) is 2. The molecule has 0 unspecified atom stereocenters. The van der Waals surface area contributed by atoms with Gasteiger partial charge in [-0.3, -0.25) is 14.5 Å². The van der Waals surface area contributed by atoms with E-state index in [1.54, 1.807) is 55.8 Å². The standard InChI is InChI=1S/C18H18N4O4/c1-26-13-7-5-12(6-8-13)11-22-17(24)14(20-18(22)25)10-16(23)21-15-4-2-3-9-19-15/h2-9,14H,10-11H2,1H3,(H,20,25)(H,19,21,23)/t14-/m0/s1. The molecule has 1 atom stereocenters. The summed E-state index contributed by atoms with van der Waals surface area (Å²) in [4.78, 5) is 41.7. The number of benzene rings is 1. The maximum atomic E-state index is 12.5. The highest BCUT2D eigenvalue weighted by Crippen LogP contribution is 2.17. The summed E-state index contributed by atoms with van der Waals surface area (Å²) in [5.41, 5.74) is 0.785. The fourth-order valence-corrected chi connectivity index (χ4v) is 2.59. The second kappa shape index (κ2) is 7.64. The van der Waals surface area contributed by atoms with E-state index in [-0.39, 0.29) is 13.0 Å². The first-order valence-corrected chi connectivity index (χ1v) is 8.02. The molecule has 0 spiro atoms. The highest BCUT2D eigenvalue weighted by atomic mass is 16.5. The Labute approximate surface area is 150 Å². The summed E-state index contributed by atoms with van der Waals surface area (Å²) >= 11 is 0. The van der Waals surface area contributed by atoms with Crippen LogP contribution in [0.3, 0.4) is 0 Å². The topological polar surface area (TPSA) is 101 Å². The maximum absolute atomic E-state index is 12.5. The average molecular weight is 354 g/mol. The molecule has 1 aliphatic heterocycles. The predicted molar refractivity (Wildman–Crippen MR) is 93.3 cm³/mol. The van der Waals surface area contributed by atoms with Crippen molar-refractivity contribution in [3.05, 3.63) is 54.2 Å². The van der Waals surface area contributed by atoms with E-state index < -0.39 is 23.9 Å². The van der Waals surface area contributed by atoms with E-state index in [9.17, 15) is 14.4 Å². The van der Waals surface area contributed by atoms with Gasteiger partial charge in [0.2, 0.25) is 5.91 Å². The lowest BCUT2D eigenvalue weighted by molar-refractivity contribution is -0.130. The molecule has 1 fully saturated rings. The summed E-state index contributed by atoms with van der Waals surface area (Å²) in [6, 6.07) is 10.8. The van der Waals surface area contributed by atoms with E-state index in [4.69, 9.17) is 4.74 Å². The number of urea groups is 1. The van der Waals surface area contributed by atoms with Crippen molar-refractivity contribution in [3.63, 3.8) is 0 Å². The van der Waals surface area contributed by atoms with Gasteiger partial charge in [-0.1, -0.05) is 18.2 Å². The quantitative estimate of drug-likeness (QED) is 0.767. The number of anilines is 1. The summed E-state index contributed by atoms with van der Waals surface area (Å²) in [6.45, 7) is 0.132. The lowest BCUT2D eigenvalue weighted by Gasteiger charge is -2.13. The van der Waals surface area contributed by atoms with Crippen LogP contribution in [0.15, 0.2) is 48.7 Å². The van der Waals surface area contributed by atoms with Gasteiger partial charge in [0.05, 0.1) is 20.1 Å². The van der Waals surface area contributed by atoms with Gasteiger partial charge in [0, 0.05) is 6.20 Å². The number of imide groups is 1. The van der Waals surface area contributed by atoms with Crippen molar-refractivity contribution >= 4 is 23.7 Å². The van der Waals surface area contributed by atoms with E-state index >= 15 is 0 Å². The van der Waals surface area contributed by atoms with Gasteiger partial charge in [0.25, 0.3) is 5.91 Å². The summed E-state index contributed by atoms with van der Waals surface area (Å²) in [5.74, 6) is 0.259. The Morgan fingerprint density at radius 2 is 2.00 bits per heavy atom. The maximum Gasteiger partial charge on any atom is 0.325 e. The molecular formula is C18H18N4O4. The summed E-state index contributed by atoms with van der Waals surface area (Å²) in [6.07, 6.45) is 1.40. The van der Waals surface area contributed by atoms with Crippen molar-refractivity contribution in [1.82, 2.24) is 15.2 Å². The second-order valence-corrected chi connectivity index (χ2v) is 5.74. The lowest BCUT2D eigenvalue weighted by Crippen LogP contribution is -2.34. The number of nitrogens with one attached hydrogen (secondary N) is 2. The lowest BCUT2D eigenvalue weighted by atomic mass is 10.1. The Kier molecular flexibility index (Phi) is 5.12. The molecule has 8 nitrogen and oxygen atoms in total. The number of amides is 4. The molecule has 4 amide bonds. The number of methoxy groups -OCH3 is 1. The third-order valence-corrected chi connectivity index (χ3v) is 3.93. The van der Waals surface area contributed by atoms with Crippen molar-refractivity contribution in [2.24, 2.45) is 0 Å². The fraction of sp³-hybridized carbons (Fsp3) is 0.222. The van der Waals surface area contributed by atoms with Crippen LogP contribution in [0.1, 0.15) is 12.0 Å². The number of hydrogen-bond acceptors (Lipinski definition) is 5. The van der Waals surface area contributed by atoms with E-state index in [0.29, 0.717) is 11.6 Å². The first kappa shape index (κ1) is 17.4. The van der Waals surface area contributed by atoms with Crippen molar-refractivity contribution in [3.8, 4) is 5.75 Å². The molecule has 1 aromatic heterocycles. The van der Waals surface area contributed by atoms with Crippen LogP contribution in [0.4, 0.5) is 10.6 Å². The molecule has 8 heteroatoms. The zero-order chi connectivity index (χ0) is 18.5. The Balaban J connectivity index is 1.60. The van der Waals surface area contributed by atoms with Gasteiger partial charge in [-0.2, -0.15) is 0 Å². The zero-order valence-corrected chi connectivity index (χ0v) is 14.1. The molecular weight excluding hydrogens is 336 g/mol. The predicted octanol–water partition coefficient (Wildman–Crippen LogP) is 1.54. The minimum atomic E-state index is -0.885. The third kappa shape index (κ3) is 3.97. The smallest absolute Gasteiger partial charge is 0.325 e. The Bertz CT molecular complexity index is 808. The molecule has 1 saturated heterocycles. The van der Waals surface area contributed by atoms with Gasteiger partial charge in [-0.25, -0.2) is 9.78 Å². The molecule has 3 rings (SSSR count). The third-order valence-electron chi connectivity index (χ3n) is 3.93. The number of hydrogen-bond donors (Lipinski definition) is 2. The molecule has 1 aromatic carbocycles. The number of carbonyl (C=O) groups is 3. The summed E-state index contributed by atoms with van der Waals surface area (Å²) < 4.78 is 5.08. The normalized spacial score (nSPS) is 16.3. The first-order valence-electron chi connectivity index (χ1n) is 8.02. The molecule has 0 bridgehead atoms. The van der Waals surface area contributed by atoms with Crippen LogP contribution in [0.2, 0.25) is 0 Å². The van der Waals surface area contributed by atoms with Crippen LogP contribution in [0.25, 0.3) is 0 Å². The van der Waals surface area contributed by atoms with Crippen LogP contribution >= 0.6 is 0 Å². The number of rotatable bonds is 6. The van der Waals surface area contributed by atoms with E-state index in [1.165, 1.54) is 0 Å².